The molecule has 0 bridgehead atoms. The van der Waals surface area contributed by atoms with Gasteiger partial charge in [0.15, 0.2) is 11.5 Å². The highest BCUT2D eigenvalue weighted by Gasteiger charge is 2.10. The minimum absolute atomic E-state index is 0.268. The Hall–Kier alpha value is -2.79. The average Bonchev–Trinajstić information content (AvgIpc) is 2.57. The van der Waals surface area contributed by atoms with Crippen LogP contribution in [0, 0.1) is 6.92 Å². The highest BCUT2D eigenvalue weighted by Crippen LogP contribution is 2.11. The third-order valence-electron chi connectivity index (χ3n) is 3.24. The summed E-state index contributed by atoms with van der Waals surface area (Å²) in [6.07, 6.45) is 1.58. The summed E-state index contributed by atoms with van der Waals surface area (Å²) in [4.78, 5) is 12.6. The number of rotatable bonds is 3. The van der Waals surface area contributed by atoms with Gasteiger partial charge in [-0.3, -0.25) is 4.79 Å². The van der Waals surface area contributed by atoms with Crippen molar-refractivity contribution in [2.45, 2.75) is 6.92 Å². The molecule has 23 heavy (non-hydrogen) atoms. The first-order valence-electron chi connectivity index (χ1n) is 6.97. The summed E-state index contributed by atoms with van der Waals surface area (Å²) in [5, 5.41) is 12.9. The van der Waals surface area contributed by atoms with Crippen molar-refractivity contribution in [3.8, 4) is 11.3 Å². The van der Waals surface area contributed by atoms with Crippen LogP contribution in [0.15, 0.2) is 64.5 Å². The van der Waals surface area contributed by atoms with Crippen molar-refractivity contribution < 1.29 is 0 Å². The van der Waals surface area contributed by atoms with Gasteiger partial charge in [-0.1, -0.05) is 54.1 Å². The molecule has 1 heterocycles. The second kappa shape index (κ2) is 6.54. The highest BCUT2D eigenvalue weighted by molar-refractivity contribution is 6.30. The molecule has 0 fully saturated rings. The Balaban J connectivity index is 2.02. The first-order chi connectivity index (χ1) is 11.1. The molecule has 0 aliphatic rings. The minimum atomic E-state index is -0.311. The van der Waals surface area contributed by atoms with Crippen LogP contribution >= 0.6 is 11.6 Å². The zero-order chi connectivity index (χ0) is 16.2. The molecule has 3 aromatic rings. The summed E-state index contributed by atoms with van der Waals surface area (Å²) >= 11 is 5.85. The maximum atomic E-state index is 12.6. The van der Waals surface area contributed by atoms with E-state index < -0.39 is 0 Å². The van der Waals surface area contributed by atoms with E-state index in [9.17, 15) is 4.79 Å². The van der Waals surface area contributed by atoms with Crippen LogP contribution < -0.4 is 5.56 Å². The first kappa shape index (κ1) is 15.1. The predicted molar refractivity (Wildman–Crippen MR) is 90.9 cm³/mol. The quantitative estimate of drug-likeness (QED) is 0.695. The molecule has 5 nitrogen and oxygen atoms in total. The predicted octanol–water partition coefficient (Wildman–Crippen LogP) is 3.15. The maximum Gasteiger partial charge on any atom is 0.301 e. The fourth-order valence-corrected chi connectivity index (χ4v) is 2.17. The second-order valence-corrected chi connectivity index (χ2v) is 5.31. The molecule has 0 saturated heterocycles. The zero-order valence-electron chi connectivity index (χ0n) is 12.3. The standard InChI is InChI=1S/C17H13ClN4O/c1-12-20-21-16(14-5-3-2-4-6-14)17(23)22(12)19-11-13-7-9-15(18)10-8-13/h2-11H,1H3. The van der Waals surface area contributed by atoms with Gasteiger partial charge in [0.05, 0.1) is 6.21 Å². The molecule has 114 valence electrons. The van der Waals surface area contributed by atoms with Gasteiger partial charge in [-0.2, -0.15) is 9.78 Å². The van der Waals surface area contributed by atoms with Crippen LogP contribution in [-0.2, 0) is 0 Å². The summed E-state index contributed by atoms with van der Waals surface area (Å²) in [6.45, 7) is 1.68. The number of aromatic nitrogens is 3. The second-order valence-electron chi connectivity index (χ2n) is 4.87. The van der Waals surface area contributed by atoms with Crippen molar-refractivity contribution in [3.63, 3.8) is 0 Å². The molecule has 0 amide bonds. The minimum Gasteiger partial charge on any atom is -0.265 e. The lowest BCUT2D eigenvalue weighted by Crippen LogP contribution is -2.23. The third kappa shape index (κ3) is 3.35. The molecule has 0 N–H and O–H groups in total. The third-order valence-corrected chi connectivity index (χ3v) is 3.49. The summed E-state index contributed by atoms with van der Waals surface area (Å²) in [6, 6.07) is 16.4. The smallest absolute Gasteiger partial charge is 0.265 e. The summed E-state index contributed by atoms with van der Waals surface area (Å²) in [7, 11) is 0. The van der Waals surface area contributed by atoms with E-state index in [1.165, 1.54) is 4.68 Å². The van der Waals surface area contributed by atoms with Gasteiger partial charge in [-0.05, 0) is 24.6 Å². The number of hydrogen-bond acceptors (Lipinski definition) is 4. The van der Waals surface area contributed by atoms with E-state index >= 15 is 0 Å². The van der Waals surface area contributed by atoms with Crippen molar-refractivity contribution in [3.05, 3.63) is 81.4 Å². The van der Waals surface area contributed by atoms with Gasteiger partial charge in [0, 0.05) is 10.6 Å². The van der Waals surface area contributed by atoms with Gasteiger partial charge in [-0.15, -0.1) is 10.2 Å². The highest BCUT2D eigenvalue weighted by atomic mass is 35.5. The number of hydrogen-bond donors (Lipinski definition) is 0. The van der Waals surface area contributed by atoms with E-state index in [1.807, 2.05) is 42.5 Å². The van der Waals surface area contributed by atoms with Gasteiger partial charge < -0.3 is 0 Å². The largest absolute Gasteiger partial charge is 0.301 e. The topological polar surface area (TPSA) is 60.1 Å². The number of halogens is 1. The molecule has 6 heteroatoms. The molecule has 3 rings (SSSR count). The van der Waals surface area contributed by atoms with Gasteiger partial charge in [-0.25, -0.2) is 0 Å². The van der Waals surface area contributed by atoms with Crippen LogP contribution in [0.1, 0.15) is 11.4 Å². The Kier molecular flexibility index (Phi) is 4.30. The number of benzene rings is 2. The Morgan fingerprint density at radius 3 is 2.43 bits per heavy atom. The Bertz CT molecular complexity index is 902. The monoisotopic (exact) mass is 324 g/mol. The molecule has 0 unspecified atom stereocenters. The van der Waals surface area contributed by atoms with Crippen molar-refractivity contribution in [2.75, 3.05) is 0 Å². The Labute approximate surface area is 137 Å². The van der Waals surface area contributed by atoms with Crippen LogP contribution in [0.4, 0.5) is 0 Å². The Morgan fingerprint density at radius 1 is 1.04 bits per heavy atom. The number of nitrogens with zero attached hydrogens (tertiary/aromatic N) is 4. The molecule has 0 saturated carbocycles. The van der Waals surface area contributed by atoms with Crippen molar-refractivity contribution in [1.29, 1.82) is 0 Å². The lowest BCUT2D eigenvalue weighted by atomic mass is 10.2. The molecule has 1 aromatic heterocycles. The van der Waals surface area contributed by atoms with E-state index in [1.54, 1.807) is 25.3 Å². The van der Waals surface area contributed by atoms with Crippen molar-refractivity contribution in [2.24, 2.45) is 5.10 Å². The normalized spacial score (nSPS) is 11.0. The molecule has 0 aliphatic heterocycles. The Morgan fingerprint density at radius 2 is 1.74 bits per heavy atom. The van der Waals surface area contributed by atoms with E-state index in [0.29, 0.717) is 16.4 Å². The lowest BCUT2D eigenvalue weighted by Gasteiger charge is -2.05. The van der Waals surface area contributed by atoms with Crippen LogP contribution in [0.5, 0.6) is 0 Å². The first-order valence-corrected chi connectivity index (χ1v) is 7.34. The fourth-order valence-electron chi connectivity index (χ4n) is 2.04. The van der Waals surface area contributed by atoms with Gasteiger partial charge >= 0.3 is 5.56 Å². The molecule has 0 radical (unpaired) electrons. The van der Waals surface area contributed by atoms with Crippen LogP contribution in [0.25, 0.3) is 11.3 Å². The lowest BCUT2D eigenvalue weighted by molar-refractivity contribution is 0.717. The SMILES string of the molecule is Cc1nnc(-c2ccccc2)c(=O)n1N=Cc1ccc(Cl)cc1. The van der Waals surface area contributed by atoms with Crippen LogP contribution in [-0.4, -0.2) is 21.1 Å². The zero-order valence-corrected chi connectivity index (χ0v) is 13.1. The molecule has 0 aliphatic carbocycles. The summed E-state index contributed by atoms with van der Waals surface area (Å²) in [5.74, 6) is 0.417. The van der Waals surface area contributed by atoms with E-state index in [4.69, 9.17) is 11.6 Å². The maximum absolute atomic E-state index is 12.6. The molecular formula is C17H13ClN4O. The van der Waals surface area contributed by atoms with Gasteiger partial charge in [0.2, 0.25) is 0 Å². The van der Waals surface area contributed by atoms with Gasteiger partial charge in [0.1, 0.15) is 0 Å². The average molecular weight is 325 g/mol. The molecule has 0 atom stereocenters. The van der Waals surface area contributed by atoms with Crippen molar-refractivity contribution in [1.82, 2.24) is 14.9 Å². The van der Waals surface area contributed by atoms with E-state index in [2.05, 4.69) is 15.3 Å². The molecule has 2 aromatic carbocycles. The van der Waals surface area contributed by atoms with Gasteiger partial charge in [0.25, 0.3) is 0 Å². The molecular weight excluding hydrogens is 312 g/mol. The van der Waals surface area contributed by atoms with Crippen molar-refractivity contribution >= 4 is 17.8 Å². The van der Waals surface area contributed by atoms with Crippen LogP contribution in [0.2, 0.25) is 5.02 Å². The van der Waals surface area contributed by atoms with E-state index in [-0.39, 0.29) is 11.3 Å². The fraction of sp³-hybridized carbons (Fsp3) is 0.0588. The van der Waals surface area contributed by atoms with Crippen LogP contribution in [0.3, 0.4) is 0 Å². The number of aryl methyl sites for hydroxylation is 1. The molecule has 0 spiro atoms. The van der Waals surface area contributed by atoms with E-state index in [0.717, 1.165) is 5.56 Å². The summed E-state index contributed by atoms with van der Waals surface area (Å²) < 4.78 is 1.24. The summed E-state index contributed by atoms with van der Waals surface area (Å²) in [5.41, 5.74) is 1.50.